The highest BCUT2D eigenvalue weighted by atomic mass is 16.5. The summed E-state index contributed by atoms with van der Waals surface area (Å²) in [5.41, 5.74) is 8.26. The van der Waals surface area contributed by atoms with E-state index in [0.717, 1.165) is 11.1 Å². The van der Waals surface area contributed by atoms with E-state index in [1.54, 1.807) is 0 Å². The van der Waals surface area contributed by atoms with Crippen molar-refractivity contribution in [1.29, 1.82) is 0 Å². The number of aryl methyl sites for hydroxylation is 1. The van der Waals surface area contributed by atoms with E-state index in [2.05, 4.69) is 5.16 Å². The van der Waals surface area contributed by atoms with Crippen LogP contribution in [0.1, 0.15) is 37.5 Å². The van der Waals surface area contributed by atoms with Gasteiger partial charge >= 0.3 is 0 Å². The molecule has 94 valence electrons. The second-order valence-electron chi connectivity index (χ2n) is 5.03. The molecule has 3 N–H and O–H groups in total. The SMILES string of the molecule is Cc1cc(/C(N)=N/O)ccc1COC(C)(C)C. The molecule has 1 aromatic carbocycles. The summed E-state index contributed by atoms with van der Waals surface area (Å²) in [6.45, 7) is 8.61. The molecular formula is C13H20N2O2. The summed E-state index contributed by atoms with van der Waals surface area (Å²) >= 11 is 0. The number of rotatable bonds is 3. The zero-order chi connectivity index (χ0) is 13.1. The summed E-state index contributed by atoms with van der Waals surface area (Å²) < 4.78 is 5.71. The first-order valence-corrected chi connectivity index (χ1v) is 5.55. The van der Waals surface area contributed by atoms with Crippen molar-refractivity contribution in [2.75, 3.05) is 0 Å². The van der Waals surface area contributed by atoms with E-state index in [0.29, 0.717) is 12.2 Å². The minimum atomic E-state index is -0.156. The van der Waals surface area contributed by atoms with Crippen molar-refractivity contribution in [3.05, 3.63) is 34.9 Å². The van der Waals surface area contributed by atoms with Gasteiger partial charge < -0.3 is 15.7 Å². The van der Waals surface area contributed by atoms with Crippen LogP contribution >= 0.6 is 0 Å². The Labute approximate surface area is 102 Å². The van der Waals surface area contributed by atoms with Gasteiger partial charge in [-0.05, 0) is 44.9 Å². The molecule has 0 atom stereocenters. The molecule has 0 aliphatic heterocycles. The molecule has 0 aromatic heterocycles. The molecule has 0 saturated heterocycles. The maximum absolute atomic E-state index is 8.60. The van der Waals surface area contributed by atoms with E-state index in [-0.39, 0.29) is 11.4 Å². The monoisotopic (exact) mass is 236 g/mol. The Bertz CT molecular complexity index is 420. The molecule has 0 saturated carbocycles. The van der Waals surface area contributed by atoms with Crippen molar-refractivity contribution < 1.29 is 9.94 Å². The second-order valence-corrected chi connectivity index (χ2v) is 5.03. The molecule has 0 heterocycles. The minimum Gasteiger partial charge on any atom is -0.409 e. The summed E-state index contributed by atoms with van der Waals surface area (Å²) in [7, 11) is 0. The summed E-state index contributed by atoms with van der Waals surface area (Å²) in [4.78, 5) is 0. The Morgan fingerprint density at radius 1 is 1.41 bits per heavy atom. The third kappa shape index (κ3) is 4.07. The fraction of sp³-hybridized carbons (Fsp3) is 0.462. The molecule has 0 spiro atoms. The molecule has 17 heavy (non-hydrogen) atoms. The molecule has 1 aromatic rings. The lowest BCUT2D eigenvalue weighted by Gasteiger charge is -2.20. The van der Waals surface area contributed by atoms with E-state index in [9.17, 15) is 0 Å². The predicted molar refractivity (Wildman–Crippen MR) is 68.2 cm³/mol. The van der Waals surface area contributed by atoms with Crippen LogP contribution in [-0.2, 0) is 11.3 Å². The summed E-state index contributed by atoms with van der Waals surface area (Å²) in [5.74, 6) is 0.122. The minimum absolute atomic E-state index is 0.122. The maximum atomic E-state index is 8.60. The zero-order valence-corrected chi connectivity index (χ0v) is 10.8. The molecule has 0 amide bonds. The number of oxime groups is 1. The van der Waals surface area contributed by atoms with Gasteiger partial charge in [0.2, 0.25) is 0 Å². The zero-order valence-electron chi connectivity index (χ0n) is 10.8. The first-order valence-electron chi connectivity index (χ1n) is 5.55. The van der Waals surface area contributed by atoms with Gasteiger partial charge in [-0.1, -0.05) is 17.3 Å². The van der Waals surface area contributed by atoms with Gasteiger partial charge in [-0.25, -0.2) is 0 Å². The number of nitrogens with two attached hydrogens (primary N) is 1. The lowest BCUT2D eigenvalue weighted by Crippen LogP contribution is -2.19. The van der Waals surface area contributed by atoms with Crippen molar-refractivity contribution in [2.24, 2.45) is 10.9 Å². The van der Waals surface area contributed by atoms with Crippen LogP contribution in [0, 0.1) is 6.92 Å². The summed E-state index contributed by atoms with van der Waals surface area (Å²) in [6, 6.07) is 5.65. The predicted octanol–water partition coefficient (Wildman–Crippen LogP) is 2.40. The van der Waals surface area contributed by atoms with Crippen LogP contribution in [0.25, 0.3) is 0 Å². The van der Waals surface area contributed by atoms with Gasteiger partial charge in [-0.3, -0.25) is 0 Å². The van der Waals surface area contributed by atoms with Gasteiger partial charge in [0.1, 0.15) is 0 Å². The van der Waals surface area contributed by atoms with Gasteiger partial charge in [0.05, 0.1) is 12.2 Å². The highest BCUT2D eigenvalue weighted by molar-refractivity contribution is 5.97. The first-order chi connectivity index (χ1) is 7.83. The van der Waals surface area contributed by atoms with Crippen LogP contribution in [-0.4, -0.2) is 16.6 Å². The number of ether oxygens (including phenoxy) is 1. The van der Waals surface area contributed by atoms with Gasteiger partial charge in [0, 0.05) is 5.56 Å². The maximum Gasteiger partial charge on any atom is 0.170 e. The van der Waals surface area contributed by atoms with Gasteiger partial charge in [-0.15, -0.1) is 0 Å². The third-order valence-electron chi connectivity index (χ3n) is 2.41. The topological polar surface area (TPSA) is 67.8 Å². The fourth-order valence-electron chi connectivity index (χ4n) is 1.37. The van der Waals surface area contributed by atoms with Crippen molar-refractivity contribution >= 4 is 5.84 Å². The van der Waals surface area contributed by atoms with E-state index in [1.807, 2.05) is 45.9 Å². The van der Waals surface area contributed by atoms with Crippen molar-refractivity contribution in [2.45, 2.75) is 39.9 Å². The average Bonchev–Trinajstić information content (AvgIpc) is 2.25. The van der Waals surface area contributed by atoms with E-state index in [1.165, 1.54) is 0 Å². The normalized spacial score (nSPS) is 12.8. The smallest absolute Gasteiger partial charge is 0.170 e. The Morgan fingerprint density at radius 2 is 2.06 bits per heavy atom. The Morgan fingerprint density at radius 3 is 2.53 bits per heavy atom. The van der Waals surface area contributed by atoms with Gasteiger partial charge in [-0.2, -0.15) is 0 Å². The molecule has 4 nitrogen and oxygen atoms in total. The number of benzene rings is 1. The lowest BCUT2D eigenvalue weighted by atomic mass is 10.0. The van der Waals surface area contributed by atoms with Crippen LogP contribution in [0.2, 0.25) is 0 Å². The molecular weight excluding hydrogens is 216 g/mol. The Hall–Kier alpha value is -1.55. The van der Waals surface area contributed by atoms with E-state index in [4.69, 9.17) is 15.7 Å². The number of hydrogen-bond donors (Lipinski definition) is 2. The summed E-state index contributed by atoms with van der Waals surface area (Å²) in [6.07, 6.45) is 0. The quantitative estimate of drug-likeness (QED) is 0.366. The molecule has 0 fully saturated rings. The van der Waals surface area contributed by atoms with Crippen LogP contribution in [0.15, 0.2) is 23.4 Å². The summed E-state index contributed by atoms with van der Waals surface area (Å²) in [5, 5.41) is 11.6. The second kappa shape index (κ2) is 5.19. The van der Waals surface area contributed by atoms with Crippen molar-refractivity contribution in [1.82, 2.24) is 0 Å². The molecule has 0 aliphatic rings. The van der Waals surface area contributed by atoms with Gasteiger partial charge in [0.25, 0.3) is 0 Å². The first kappa shape index (κ1) is 13.5. The number of hydrogen-bond acceptors (Lipinski definition) is 3. The Kier molecular flexibility index (Phi) is 4.12. The van der Waals surface area contributed by atoms with Crippen LogP contribution in [0.5, 0.6) is 0 Å². The fourth-order valence-corrected chi connectivity index (χ4v) is 1.37. The van der Waals surface area contributed by atoms with Crippen LogP contribution in [0.3, 0.4) is 0 Å². The standard InChI is InChI=1S/C13H20N2O2/c1-9-7-10(12(14)15-16)5-6-11(9)8-17-13(2,3)4/h5-7,16H,8H2,1-4H3,(H2,14,15). The molecule has 0 bridgehead atoms. The average molecular weight is 236 g/mol. The molecule has 1 rings (SSSR count). The lowest BCUT2D eigenvalue weighted by molar-refractivity contribution is -0.0151. The largest absolute Gasteiger partial charge is 0.409 e. The molecule has 0 aliphatic carbocycles. The van der Waals surface area contributed by atoms with Gasteiger partial charge in [0.15, 0.2) is 5.84 Å². The number of amidine groups is 1. The molecule has 0 radical (unpaired) electrons. The van der Waals surface area contributed by atoms with Crippen molar-refractivity contribution in [3.63, 3.8) is 0 Å². The third-order valence-corrected chi connectivity index (χ3v) is 2.41. The van der Waals surface area contributed by atoms with Crippen LogP contribution < -0.4 is 5.73 Å². The highest BCUT2D eigenvalue weighted by Gasteiger charge is 2.11. The Balaban J connectivity index is 2.84. The van der Waals surface area contributed by atoms with E-state index >= 15 is 0 Å². The molecule has 0 unspecified atom stereocenters. The molecule has 4 heteroatoms. The highest BCUT2D eigenvalue weighted by Crippen LogP contribution is 2.16. The van der Waals surface area contributed by atoms with Crippen molar-refractivity contribution in [3.8, 4) is 0 Å². The number of nitrogens with zero attached hydrogens (tertiary/aromatic N) is 1. The van der Waals surface area contributed by atoms with Crippen LogP contribution in [0.4, 0.5) is 0 Å². The van der Waals surface area contributed by atoms with E-state index < -0.39 is 0 Å².